The second-order valence-corrected chi connectivity index (χ2v) is 8.74. The molecule has 0 amide bonds. The molecule has 9 heteroatoms. The van der Waals surface area contributed by atoms with Gasteiger partial charge >= 0.3 is 0 Å². The van der Waals surface area contributed by atoms with Crippen molar-refractivity contribution in [1.29, 1.82) is 0 Å². The summed E-state index contributed by atoms with van der Waals surface area (Å²) in [7, 11) is -3.69. The zero-order chi connectivity index (χ0) is 18.0. The Labute approximate surface area is 162 Å². The van der Waals surface area contributed by atoms with Crippen LogP contribution >= 0.6 is 23.7 Å². The average molecular weight is 412 g/mol. The first-order valence-electron chi connectivity index (χ1n) is 7.67. The van der Waals surface area contributed by atoms with Crippen LogP contribution in [0.4, 0.5) is 0 Å². The van der Waals surface area contributed by atoms with Gasteiger partial charge in [-0.1, -0.05) is 13.0 Å². The summed E-state index contributed by atoms with van der Waals surface area (Å²) < 4.78 is 26.7. The quantitative estimate of drug-likeness (QED) is 0.514. The van der Waals surface area contributed by atoms with E-state index in [9.17, 15) is 13.6 Å². The number of pyridine rings is 1. The lowest BCUT2D eigenvalue weighted by molar-refractivity contribution is -0.604. The minimum atomic E-state index is -3.69. The number of rotatable bonds is 5. The van der Waals surface area contributed by atoms with Gasteiger partial charge in [-0.15, -0.1) is 23.7 Å². The highest BCUT2D eigenvalue weighted by Gasteiger charge is 2.22. The van der Waals surface area contributed by atoms with Gasteiger partial charge in [-0.3, -0.25) is 0 Å². The van der Waals surface area contributed by atoms with Crippen molar-refractivity contribution in [3.63, 3.8) is 0 Å². The highest BCUT2D eigenvalue weighted by Crippen LogP contribution is 2.30. The maximum Gasteiger partial charge on any atom is 0.217 e. The monoisotopic (exact) mass is 411 g/mol. The third-order valence-electron chi connectivity index (χ3n) is 3.77. The number of hydrogen-bond donors (Lipinski definition) is 1. The van der Waals surface area contributed by atoms with Crippen molar-refractivity contribution in [3.05, 3.63) is 64.7 Å². The lowest BCUT2D eigenvalue weighted by Crippen LogP contribution is -2.23. The number of benzene rings is 1. The molecule has 2 N–H and O–H groups in total. The molecule has 3 rings (SSSR count). The second kappa shape index (κ2) is 8.13. The van der Waals surface area contributed by atoms with Crippen molar-refractivity contribution >= 4 is 33.6 Å². The Balaban J connectivity index is 0.00000243. The SMILES string of the molecule is CCc1cc(-c2ccc[n+]([O-])c2)cc(S(=O)(=O)c2cnc(CN)s2)c1.Cl. The van der Waals surface area contributed by atoms with Crippen molar-refractivity contribution in [3.8, 4) is 11.1 Å². The summed E-state index contributed by atoms with van der Waals surface area (Å²) in [6, 6.07) is 8.55. The molecule has 0 saturated carbocycles. The summed E-state index contributed by atoms with van der Waals surface area (Å²) in [6.07, 6.45) is 4.83. The van der Waals surface area contributed by atoms with E-state index in [1.54, 1.807) is 24.3 Å². The Bertz CT molecular complexity index is 1020. The number of nitrogens with zero attached hydrogens (tertiary/aromatic N) is 2. The normalized spacial score (nSPS) is 11.2. The average Bonchev–Trinajstić information content (AvgIpc) is 3.11. The van der Waals surface area contributed by atoms with Crippen molar-refractivity contribution in [2.24, 2.45) is 5.73 Å². The predicted octanol–water partition coefficient (Wildman–Crippen LogP) is 2.72. The Morgan fingerprint density at radius 2 is 2.04 bits per heavy atom. The van der Waals surface area contributed by atoms with Crippen molar-refractivity contribution in [2.45, 2.75) is 29.0 Å². The van der Waals surface area contributed by atoms with Crippen LogP contribution in [0.15, 0.2) is 58.0 Å². The van der Waals surface area contributed by atoms with Crippen LogP contribution in [0.25, 0.3) is 11.1 Å². The zero-order valence-electron chi connectivity index (χ0n) is 14.0. The van der Waals surface area contributed by atoms with Crippen molar-refractivity contribution in [2.75, 3.05) is 0 Å². The summed E-state index contributed by atoms with van der Waals surface area (Å²) in [5, 5.41) is 12.1. The van der Waals surface area contributed by atoms with E-state index in [1.165, 1.54) is 18.6 Å². The first kappa shape index (κ1) is 20.3. The molecule has 2 aromatic heterocycles. The van der Waals surface area contributed by atoms with E-state index in [0.29, 0.717) is 27.3 Å². The first-order chi connectivity index (χ1) is 11.9. The molecule has 6 nitrogen and oxygen atoms in total. The maximum absolute atomic E-state index is 12.9. The Hall–Kier alpha value is -2.00. The van der Waals surface area contributed by atoms with E-state index in [-0.39, 0.29) is 28.1 Å². The number of sulfone groups is 1. The van der Waals surface area contributed by atoms with Crippen LogP contribution in [-0.2, 0) is 22.8 Å². The number of halogens is 1. The second-order valence-electron chi connectivity index (χ2n) is 5.45. The molecule has 0 atom stereocenters. The Morgan fingerprint density at radius 3 is 2.65 bits per heavy atom. The number of aryl methyl sites for hydroxylation is 1. The molecule has 138 valence electrons. The summed E-state index contributed by atoms with van der Waals surface area (Å²) in [5.74, 6) is 0. The molecule has 0 fully saturated rings. The Morgan fingerprint density at radius 1 is 1.27 bits per heavy atom. The molecule has 0 aliphatic rings. The first-order valence-corrected chi connectivity index (χ1v) is 9.97. The van der Waals surface area contributed by atoms with E-state index in [4.69, 9.17) is 5.73 Å². The molecule has 0 spiro atoms. The molecule has 0 aliphatic heterocycles. The third kappa shape index (κ3) is 4.04. The van der Waals surface area contributed by atoms with Crippen molar-refractivity contribution < 1.29 is 13.1 Å². The molecule has 0 radical (unpaired) electrons. The van der Waals surface area contributed by atoms with Crippen LogP contribution in [0.1, 0.15) is 17.5 Å². The van der Waals surface area contributed by atoms with Crippen LogP contribution in [0.3, 0.4) is 0 Å². The largest absolute Gasteiger partial charge is 0.619 e. The van der Waals surface area contributed by atoms with Crippen molar-refractivity contribution in [1.82, 2.24) is 4.98 Å². The van der Waals surface area contributed by atoms with Gasteiger partial charge < -0.3 is 10.9 Å². The zero-order valence-corrected chi connectivity index (χ0v) is 16.4. The summed E-state index contributed by atoms with van der Waals surface area (Å²) in [6.45, 7) is 2.15. The van der Waals surface area contributed by atoms with Gasteiger partial charge in [-0.2, -0.15) is 4.73 Å². The van der Waals surface area contributed by atoms with E-state index >= 15 is 0 Å². The molecule has 3 aromatic rings. The third-order valence-corrected chi connectivity index (χ3v) is 6.98. The highest BCUT2D eigenvalue weighted by molar-refractivity contribution is 7.93. The number of hydrogen-bond acceptors (Lipinski definition) is 6. The maximum atomic E-state index is 12.9. The van der Waals surface area contributed by atoms with E-state index in [0.717, 1.165) is 16.9 Å². The number of aromatic nitrogens is 2. The summed E-state index contributed by atoms with van der Waals surface area (Å²) in [4.78, 5) is 4.22. The summed E-state index contributed by atoms with van der Waals surface area (Å²) in [5.41, 5.74) is 7.75. The lowest BCUT2D eigenvalue weighted by Gasteiger charge is -2.09. The van der Waals surface area contributed by atoms with Crippen LogP contribution in [-0.4, -0.2) is 13.4 Å². The molecular weight excluding hydrogens is 394 g/mol. The lowest BCUT2D eigenvalue weighted by atomic mass is 10.0. The molecule has 0 bridgehead atoms. The van der Waals surface area contributed by atoms with Gasteiger partial charge in [0.15, 0.2) is 12.4 Å². The van der Waals surface area contributed by atoms with Crippen LogP contribution in [0, 0.1) is 5.21 Å². The fourth-order valence-electron chi connectivity index (χ4n) is 2.44. The predicted molar refractivity (Wildman–Crippen MR) is 103 cm³/mol. The van der Waals surface area contributed by atoms with Gasteiger partial charge in [0, 0.05) is 18.2 Å². The molecule has 0 unspecified atom stereocenters. The van der Waals surface area contributed by atoms with Gasteiger partial charge in [0.1, 0.15) is 9.22 Å². The van der Waals surface area contributed by atoms with Gasteiger partial charge in [0.05, 0.1) is 11.1 Å². The standard InChI is InChI=1S/C17H17N3O3S2.ClH/c1-2-12-6-14(13-4-3-5-20(21)11-13)8-15(7-12)25(22,23)17-10-19-16(9-18)24-17;/h3-8,10-11H,2,9,18H2,1H3;1H. The molecule has 1 aromatic carbocycles. The molecule has 2 heterocycles. The van der Waals surface area contributed by atoms with E-state index in [1.807, 2.05) is 13.0 Å². The summed E-state index contributed by atoms with van der Waals surface area (Å²) >= 11 is 1.07. The van der Waals surface area contributed by atoms with Gasteiger partial charge in [0.2, 0.25) is 9.84 Å². The molecule has 26 heavy (non-hydrogen) atoms. The Kier molecular flexibility index (Phi) is 6.35. The van der Waals surface area contributed by atoms with Crippen LogP contribution in [0.2, 0.25) is 0 Å². The van der Waals surface area contributed by atoms with Gasteiger partial charge in [-0.25, -0.2) is 13.4 Å². The molecule has 0 saturated heterocycles. The highest BCUT2D eigenvalue weighted by atomic mass is 35.5. The van der Waals surface area contributed by atoms with Crippen LogP contribution < -0.4 is 10.5 Å². The number of thiazole rings is 1. The fraction of sp³-hybridized carbons (Fsp3) is 0.176. The van der Waals surface area contributed by atoms with E-state index < -0.39 is 9.84 Å². The number of nitrogens with two attached hydrogens (primary N) is 1. The molecule has 0 aliphatic carbocycles. The smallest absolute Gasteiger partial charge is 0.217 e. The minimum absolute atomic E-state index is 0. The fourth-order valence-corrected chi connectivity index (χ4v) is 5.00. The topological polar surface area (TPSA) is 100.0 Å². The molecular formula is C17H18ClN3O3S2. The van der Waals surface area contributed by atoms with Crippen LogP contribution in [0.5, 0.6) is 0 Å². The van der Waals surface area contributed by atoms with Gasteiger partial charge in [-0.05, 0) is 35.7 Å². The minimum Gasteiger partial charge on any atom is -0.619 e. The van der Waals surface area contributed by atoms with Gasteiger partial charge in [0.25, 0.3) is 0 Å². The van der Waals surface area contributed by atoms with E-state index in [2.05, 4.69) is 4.98 Å².